The smallest absolute Gasteiger partial charge is 0.510 e. The number of Topliss-reactive ketones (excluding diaryl/α,β-unsaturated/α-hetero) is 2. The molecule has 0 unspecified atom stereocenters. The number of likely N-dealkylation sites (tertiary alicyclic amines) is 1. The van der Waals surface area contributed by atoms with Crippen LogP contribution in [0.25, 0.3) is 0 Å². The molecule has 5 rings (SSSR count). The number of nitrogens with zero attached hydrogens (tertiary/aromatic N) is 2. The van der Waals surface area contributed by atoms with Crippen LogP contribution >= 0.6 is 0 Å². The maximum Gasteiger partial charge on any atom is 0.573 e. The number of aromatic hydroxyl groups is 1. The largest absolute Gasteiger partial charge is 0.573 e. The summed E-state index contributed by atoms with van der Waals surface area (Å²) in [5.41, 5.74) is -2.51. The maximum atomic E-state index is 14.0. The van der Waals surface area contributed by atoms with Crippen LogP contribution in [0.1, 0.15) is 28.8 Å². The average molecular weight is 611 g/mol. The second-order valence-electron chi connectivity index (χ2n) is 11.6. The monoisotopic (exact) mass is 610 g/mol. The number of primary amides is 1. The van der Waals surface area contributed by atoms with Gasteiger partial charge in [-0.05, 0) is 52.9 Å². The van der Waals surface area contributed by atoms with E-state index in [4.69, 9.17) is 5.73 Å². The molecule has 1 aromatic carbocycles. The minimum Gasteiger partial charge on any atom is -0.510 e. The molecular weight excluding hydrogens is 581 g/mol. The molecule has 1 saturated heterocycles. The fraction of sp³-hybridized carbons (Fsp3) is 0.481. The molecule has 43 heavy (non-hydrogen) atoms. The summed E-state index contributed by atoms with van der Waals surface area (Å²) in [4.78, 5) is 55.1. The minimum atomic E-state index is -5.24. The van der Waals surface area contributed by atoms with E-state index in [9.17, 15) is 52.8 Å². The van der Waals surface area contributed by atoms with Crippen molar-refractivity contribution < 1.29 is 57.5 Å². The van der Waals surface area contributed by atoms with Gasteiger partial charge in [-0.25, -0.2) is 0 Å². The molecule has 2 amide bonds. The SMILES string of the molecule is CN(C)CC(=O)Nc1cc(OC(F)(F)F)c2c(c1O)C(=O)C1=C(O)[C@]3(O)C(=O)C(C(N)=O)=C(O)[C@H]4N(C)CC[C@]43C[C@@H]1C2. The van der Waals surface area contributed by atoms with E-state index in [0.29, 0.717) is 0 Å². The molecule has 0 saturated carbocycles. The van der Waals surface area contributed by atoms with Crippen molar-refractivity contribution in [3.63, 3.8) is 0 Å². The van der Waals surface area contributed by atoms with Crippen molar-refractivity contribution in [1.29, 1.82) is 0 Å². The van der Waals surface area contributed by atoms with Crippen LogP contribution in [0.15, 0.2) is 28.7 Å². The highest BCUT2D eigenvalue weighted by Crippen LogP contribution is 2.63. The van der Waals surface area contributed by atoms with Gasteiger partial charge in [0, 0.05) is 22.6 Å². The number of ketones is 2. The van der Waals surface area contributed by atoms with Gasteiger partial charge in [0.2, 0.25) is 11.7 Å². The lowest BCUT2D eigenvalue weighted by atomic mass is 9.50. The van der Waals surface area contributed by atoms with Gasteiger partial charge < -0.3 is 41.1 Å². The average Bonchev–Trinajstić information content (AvgIpc) is 3.20. The van der Waals surface area contributed by atoms with Gasteiger partial charge in [-0.1, -0.05) is 0 Å². The fourth-order valence-electron chi connectivity index (χ4n) is 7.22. The zero-order chi connectivity index (χ0) is 32.0. The van der Waals surface area contributed by atoms with Crippen LogP contribution < -0.4 is 15.8 Å². The first-order chi connectivity index (χ1) is 19.9. The van der Waals surface area contributed by atoms with Crippen molar-refractivity contribution in [1.82, 2.24) is 9.80 Å². The molecule has 0 aromatic heterocycles. The third-order valence-corrected chi connectivity index (χ3v) is 8.78. The first-order valence-electron chi connectivity index (χ1n) is 13.1. The first-order valence-corrected chi connectivity index (χ1v) is 13.1. The van der Waals surface area contributed by atoms with Gasteiger partial charge in [-0.3, -0.25) is 24.1 Å². The Bertz CT molecular complexity index is 1550. The van der Waals surface area contributed by atoms with E-state index in [2.05, 4.69) is 10.1 Å². The van der Waals surface area contributed by atoms with Crippen LogP contribution in [0.3, 0.4) is 0 Å². The number of alkyl halides is 3. The highest BCUT2D eigenvalue weighted by atomic mass is 19.4. The van der Waals surface area contributed by atoms with Crippen LogP contribution in [-0.4, -0.2) is 106 Å². The Kier molecular flexibility index (Phi) is 6.83. The molecule has 1 aromatic rings. The Morgan fingerprint density at radius 2 is 1.88 bits per heavy atom. The summed E-state index contributed by atoms with van der Waals surface area (Å²) in [5.74, 6) is -9.58. The Morgan fingerprint density at radius 1 is 1.23 bits per heavy atom. The summed E-state index contributed by atoms with van der Waals surface area (Å²) in [6.45, 7) is -0.0706. The van der Waals surface area contributed by atoms with Crippen LogP contribution in [0.2, 0.25) is 0 Å². The Labute approximate surface area is 242 Å². The zero-order valence-electron chi connectivity index (χ0n) is 23.2. The van der Waals surface area contributed by atoms with Gasteiger partial charge in [0.1, 0.15) is 22.8 Å². The molecule has 3 aliphatic carbocycles. The number of ether oxygens (including phenoxy) is 1. The van der Waals surface area contributed by atoms with Gasteiger partial charge in [0.05, 0.1) is 23.8 Å². The van der Waals surface area contributed by atoms with E-state index in [1.165, 1.54) is 16.8 Å². The Morgan fingerprint density at radius 3 is 2.47 bits per heavy atom. The number of carbonyl (C=O) groups is 4. The quantitative estimate of drug-likeness (QED) is 0.202. The van der Waals surface area contributed by atoms with Crippen LogP contribution in [0.5, 0.6) is 11.5 Å². The van der Waals surface area contributed by atoms with Crippen LogP contribution in [0, 0.1) is 11.3 Å². The number of nitrogens with two attached hydrogens (primary N) is 1. The number of anilines is 1. The lowest BCUT2D eigenvalue weighted by molar-refractivity contribution is -0.275. The lowest BCUT2D eigenvalue weighted by Gasteiger charge is -2.55. The predicted molar refractivity (Wildman–Crippen MR) is 140 cm³/mol. The molecule has 1 aliphatic heterocycles. The van der Waals surface area contributed by atoms with Crippen molar-refractivity contribution in [3.05, 3.63) is 39.9 Å². The highest BCUT2D eigenvalue weighted by molar-refractivity contribution is 6.25. The molecule has 16 heteroatoms. The molecule has 232 valence electrons. The number of nitrogens with one attached hydrogen (secondary N) is 1. The summed E-state index contributed by atoms with van der Waals surface area (Å²) in [6.07, 6.45) is -5.98. The van der Waals surface area contributed by atoms with Crippen LogP contribution in [0.4, 0.5) is 18.9 Å². The van der Waals surface area contributed by atoms with Gasteiger partial charge >= 0.3 is 6.36 Å². The van der Waals surface area contributed by atoms with E-state index in [0.717, 1.165) is 6.07 Å². The number of likely N-dealkylation sites (N-methyl/N-ethyl adjacent to an activating group) is 2. The normalized spacial score (nSPS) is 28.8. The van der Waals surface area contributed by atoms with Gasteiger partial charge in [-0.2, -0.15) is 0 Å². The second-order valence-corrected chi connectivity index (χ2v) is 11.6. The van der Waals surface area contributed by atoms with Gasteiger partial charge in [0.15, 0.2) is 17.1 Å². The summed E-state index contributed by atoms with van der Waals surface area (Å²) < 4.78 is 44.7. The second kappa shape index (κ2) is 9.68. The number of hydrogen-bond acceptors (Lipinski definition) is 11. The van der Waals surface area contributed by atoms with Gasteiger partial charge in [-0.15, -0.1) is 13.2 Å². The first kappa shape index (κ1) is 30.3. The molecular formula is C27H29F3N4O9. The Balaban J connectivity index is 1.73. The zero-order valence-corrected chi connectivity index (χ0v) is 23.2. The van der Waals surface area contributed by atoms with Crippen molar-refractivity contribution in [2.45, 2.75) is 37.3 Å². The summed E-state index contributed by atoms with van der Waals surface area (Å²) in [6, 6.07) is -0.482. The number of aliphatic hydroxyl groups is 3. The van der Waals surface area contributed by atoms with Crippen LogP contribution in [-0.2, 0) is 20.8 Å². The van der Waals surface area contributed by atoms with Crippen molar-refractivity contribution >= 4 is 29.1 Å². The number of carbonyl (C=O) groups excluding carboxylic acids is 4. The number of benzene rings is 1. The molecule has 7 N–H and O–H groups in total. The predicted octanol–water partition coefficient (Wildman–Crippen LogP) is 0.663. The van der Waals surface area contributed by atoms with E-state index in [1.807, 2.05) is 0 Å². The maximum absolute atomic E-state index is 14.0. The number of rotatable bonds is 5. The number of allylic oxidation sites excluding steroid dienone is 1. The number of phenolic OH excluding ortho intramolecular Hbond substituents is 1. The number of fused-ring (bicyclic) bond motifs is 2. The molecule has 1 spiro atoms. The fourth-order valence-corrected chi connectivity index (χ4v) is 7.22. The van der Waals surface area contributed by atoms with Crippen molar-refractivity contribution in [2.75, 3.05) is 39.5 Å². The number of hydrogen-bond donors (Lipinski definition) is 6. The molecule has 0 bridgehead atoms. The number of phenols is 1. The number of amides is 2. The summed E-state index contributed by atoms with van der Waals surface area (Å²) in [7, 11) is 4.62. The molecule has 4 aliphatic rings. The summed E-state index contributed by atoms with van der Waals surface area (Å²) in [5, 5.41) is 47.8. The number of aliphatic hydroxyl groups excluding tert-OH is 2. The third kappa shape index (κ3) is 4.26. The van der Waals surface area contributed by atoms with Crippen molar-refractivity contribution in [2.24, 2.45) is 17.1 Å². The van der Waals surface area contributed by atoms with E-state index in [1.54, 1.807) is 14.1 Å². The lowest BCUT2D eigenvalue weighted by Crippen LogP contribution is -2.68. The van der Waals surface area contributed by atoms with E-state index >= 15 is 0 Å². The van der Waals surface area contributed by atoms with E-state index in [-0.39, 0.29) is 31.5 Å². The summed E-state index contributed by atoms with van der Waals surface area (Å²) >= 11 is 0. The standard InChI is InChI=1S/C27H29F3N4O9/c1-33(2)9-14(35)32-12-7-13(43-27(28,29)30)11-6-10-8-25-4-5-34(3)21(25)20(38)17(24(31)41)23(40)26(25,42)22(39)15(10)19(37)16(11)18(12)36/h7,10,21,36,38-39,42H,4-6,8-9H2,1-3H3,(H2,31,41)(H,32,35)/t10-,21+,25-,26-/m0/s1. The molecule has 1 fully saturated rings. The third-order valence-electron chi connectivity index (χ3n) is 8.78. The van der Waals surface area contributed by atoms with E-state index < -0.39 is 105 Å². The number of halogens is 3. The molecule has 4 atom stereocenters. The highest BCUT2D eigenvalue weighted by Gasteiger charge is 2.73. The topological polar surface area (TPSA) is 203 Å². The molecule has 13 nitrogen and oxygen atoms in total. The van der Waals surface area contributed by atoms with Gasteiger partial charge in [0.25, 0.3) is 5.91 Å². The molecule has 1 heterocycles. The Hall–Kier alpha value is -4.15. The molecule has 0 radical (unpaired) electrons. The minimum absolute atomic E-state index is 0.0185. The van der Waals surface area contributed by atoms with Crippen molar-refractivity contribution in [3.8, 4) is 11.5 Å².